The van der Waals surface area contributed by atoms with Gasteiger partial charge in [0.1, 0.15) is 0 Å². The van der Waals surface area contributed by atoms with E-state index in [0.29, 0.717) is 12.3 Å². The molecule has 1 heterocycles. The maximum absolute atomic E-state index is 12.0. The van der Waals surface area contributed by atoms with E-state index in [9.17, 15) is 14.9 Å². The van der Waals surface area contributed by atoms with Crippen molar-refractivity contribution in [2.24, 2.45) is 5.41 Å². The SMILES string of the molecule is O=c1c([N+](=O)[O-])cccn1CC1(CS)CCCC1. The summed E-state index contributed by atoms with van der Waals surface area (Å²) in [5.41, 5.74) is -0.859. The number of nitro groups is 1. The predicted molar refractivity (Wildman–Crippen MR) is 72.1 cm³/mol. The molecule has 1 aliphatic rings. The molecule has 0 radical (unpaired) electrons. The Labute approximate surface area is 110 Å². The Bertz CT molecular complexity index is 506. The van der Waals surface area contributed by atoms with E-state index in [1.165, 1.54) is 10.6 Å². The molecule has 0 unspecified atom stereocenters. The Balaban J connectivity index is 2.32. The standard InChI is InChI=1S/C12H16N2O3S/c15-11-10(14(16)17)4-3-7-13(11)8-12(9-18)5-1-2-6-12/h3-4,7,18H,1-2,5-6,8-9H2. The minimum Gasteiger partial charge on any atom is -0.309 e. The zero-order valence-electron chi connectivity index (χ0n) is 10.0. The first-order valence-electron chi connectivity index (χ1n) is 6.03. The van der Waals surface area contributed by atoms with Crippen LogP contribution in [0.15, 0.2) is 23.1 Å². The monoisotopic (exact) mass is 268 g/mol. The summed E-state index contributed by atoms with van der Waals surface area (Å²) in [6, 6.07) is 2.81. The highest BCUT2D eigenvalue weighted by molar-refractivity contribution is 7.80. The summed E-state index contributed by atoms with van der Waals surface area (Å²) in [7, 11) is 0. The number of thiol groups is 1. The van der Waals surface area contributed by atoms with Crippen LogP contribution in [0.5, 0.6) is 0 Å². The largest absolute Gasteiger partial charge is 0.334 e. The summed E-state index contributed by atoms with van der Waals surface area (Å²) in [6.45, 7) is 0.525. The minimum absolute atomic E-state index is 0.0160. The van der Waals surface area contributed by atoms with Crippen LogP contribution in [0, 0.1) is 15.5 Å². The second kappa shape index (κ2) is 5.14. The van der Waals surface area contributed by atoms with Gasteiger partial charge >= 0.3 is 11.2 Å². The summed E-state index contributed by atoms with van der Waals surface area (Å²) in [5.74, 6) is 0.710. The van der Waals surface area contributed by atoms with E-state index in [-0.39, 0.29) is 11.1 Å². The van der Waals surface area contributed by atoms with Crippen molar-refractivity contribution in [2.45, 2.75) is 32.2 Å². The molecule has 0 aromatic carbocycles. The third-order valence-corrected chi connectivity index (χ3v) is 4.37. The Morgan fingerprint density at radius 2 is 2.11 bits per heavy atom. The van der Waals surface area contributed by atoms with Gasteiger partial charge in [0, 0.05) is 18.8 Å². The second-order valence-electron chi connectivity index (χ2n) is 4.95. The highest BCUT2D eigenvalue weighted by Gasteiger charge is 2.33. The lowest BCUT2D eigenvalue weighted by atomic mass is 9.88. The average Bonchev–Trinajstić information content (AvgIpc) is 2.81. The summed E-state index contributed by atoms with van der Waals surface area (Å²) in [4.78, 5) is 22.1. The van der Waals surface area contributed by atoms with E-state index in [1.807, 2.05) is 0 Å². The van der Waals surface area contributed by atoms with Crippen LogP contribution in [0.25, 0.3) is 0 Å². The van der Waals surface area contributed by atoms with Crippen molar-refractivity contribution < 1.29 is 4.92 Å². The first-order valence-corrected chi connectivity index (χ1v) is 6.66. The molecule has 1 aromatic heterocycles. The molecular formula is C12H16N2O3S. The lowest BCUT2D eigenvalue weighted by Gasteiger charge is -2.27. The van der Waals surface area contributed by atoms with Crippen molar-refractivity contribution in [3.63, 3.8) is 0 Å². The molecule has 0 bridgehead atoms. The van der Waals surface area contributed by atoms with Crippen LogP contribution >= 0.6 is 12.6 Å². The summed E-state index contributed by atoms with van der Waals surface area (Å²) < 4.78 is 1.46. The van der Waals surface area contributed by atoms with Crippen LogP contribution < -0.4 is 5.56 Å². The number of pyridine rings is 1. The van der Waals surface area contributed by atoms with Gasteiger partial charge in [0.25, 0.3) is 0 Å². The minimum atomic E-state index is -0.624. The number of hydrogen-bond acceptors (Lipinski definition) is 4. The van der Waals surface area contributed by atoms with Crippen LogP contribution in [-0.2, 0) is 6.54 Å². The molecule has 1 aliphatic carbocycles. The Morgan fingerprint density at radius 1 is 1.44 bits per heavy atom. The molecule has 0 atom stereocenters. The molecule has 18 heavy (non-hydrogen) atoms. The third kappa shape index (κ3) is 2.43. The van der Waals surface area contributed by atoms with Gasteiger partial charge in [-0.3, -0.25) is 14.9 Å². The molecule has 1 saturated carbocycles. The Hall–Kier alpha value is -1.30. The van der Waals surface area contributed by atoms with Crippen molar-refractivity contribution in [2.75, 3.05) is 5.75 Å². The summed E-state index contributed by atoms with van der Waals surface area (Å²) in [6.07, 6.45) is 5.98. The Kier molecular flexibility index (Phi) is 3.75. The fourth-order valence-electron chi connectivity index (χ4n) is 2.64. The summed E-state index contributed by atoms with van der Waals surface area (Å²) in [5, 5.41) is 10.7. The third-order valence-electron chi connectivity index (χ3n) is 3.70. The zero-order chi connectivity index (χ0) is 13.2. The van der Waals surface area contributed by atoms with Crippen molar-refractivity contribution in [1.29, 1.82) is 0 Å². The van der Waals surface area contributed by atoms with Crippen LogP contribution in [0.4, 0.5) is 5.69 Å². The second-order valence-corrected chi connectivity index (χ2v) is 5.27. The number of nitrogens with zero attached hydrogens (tertiary/aromatic N) is 2. The molecule has 5 nitrogen and oxygen atoms in total. The molecule has 0 aliphatic heterocycles. The molecule has 0 spiro atoms. The maximum Gasteiger partial charge on any atom is 0.334 e. The smallest absolute Gasteiger partial charge is 0.309 e. The van der Waals surface area contributed by atoms with E-state index < -0.39 is 10.5 Å². The van der Waals surface area contributed by atoms with E-state index in [1.54, 1.807) is 12.3 Å². The first-order chi connectivity index (χ1) is 8.58. The van der Waals surface area contributed by atoms with Crippen LogP contribution in [-0.4, -0.2) is 15.2 Å². The van der Waals surface area contributed by atoms with Gasteiger partial charge in [-0.1, -0.05) is 12.8 Å². The normalized spacial score (nSPS) is 17.8. The molecular weight excluding hydrogens is 252 g/mol. The van der Waals surface area contributed by atoms with Crippen LogP contribution in [0.1, 0.15) is 25.7 Å². The first kappa shape index (κ1) is 13.1. The van der Waals surface area contributed by atoms with E-state index in [0.717, 1.165) is 25.7 Å². The van der Waals surface area contributed by atoms with Gasteiger partial charge in [-0.15, -0.1) is 0 Å². The molecule has 2 rings (SSSR count). The van der Waals surface area contributed by atoms with Gasteiger partial charge in [-0.2, -0.15) is 12.6 Å². The lowest BCUT2D eigenvalue weighted by Crippen LogP contribution is -2.32. The van der Waals surface area contributed by atoms with E-state index in [2.05, 4.69) is 12.6 Å². The van der Waals surface area contributed by atoms with E-state index in [4.69, 9.17) is 0 Å². The van der Waals surface area contributed by atoms with Gasteiger partial charge in [0.05, 0.1) is 4.92 Å². The van der Waals surface area contributed by atoms with E-state index >= 15 is 0 Å². The zero-order valence-corrected chi connectivity index (χ0v) is 10.9. The topological polar surface area (TPSA) is 65.1 Å². The van der Waals surface area contributed by atoms with Crippen molar-refractivity contribution >= 4 is 18.3 Å². The van der Waals surface area contributed by atoms with Crippen LogP contribution in [0.2, 0.25) is 0 Å². The highest BCUT2D eigenvalue weighted by Crippen LogP contribution is 2.40. The van der Waals surface area contributed by atoms with Crippen molar-refractivity contribution in [1.82, 2.24) is 4.57 Å². The average molecular weight is 268 g/mol. The molecule has 0 N–H and O–H groups in total. The molecule has 0 amide bonds. The lowest BCUT2D eigenvalue weighted by molar-refractivity contribution is -0.386. The van der Waals surface area contributed by atoms with Crippen molar-refractivity contribution in [3.05, 3.63) is 38.8 Å². The predicted octanol–water partition coefficient (Wildman–Crippen LogP) is 2.25. The number of rotatable bonds is 4. The molecule has 1 aromatic rings. The van der Waals surface area contributed by atoms with Gasteiger partial charge in [0.2, 0.25) is 0 Å². The van der Waals surface area contributed by atoms with Gasteiger partial charge < -0.3 is 4.57 Å². The maximum atomic E-state index is 12.0. The van der Waals surface area contributed by atoms with Crippen molar-refractivity contribution in [3.8, 4) is 0 Å². The van der Waals surface area contributed by atoms with Gasteiger partial charge in [0.15, 0.2) is 0 Å². The molecule has 98 valence electrons. The van der Waals surface area contributed by atoms with Gasteiger partial charge in [-0.05, 0) is 30.1 Å². The molecule has 1 fully saturated rings. The number of hydrogen-bond donors (Lipinski definition) is 1. The fourth-order valence-corrected chi connectivity index (χ4v) is 3.06. The van der Waals surface area contributed by atoms with Gasteiger partial charge in [-0.25, -0.2) is 0 Å². The fraction of sp³-hybridized carbons (Fsp3) is 0.583. The number of aromatic nitrogens is 1. The molecule has 6 heteroatoms. The highest BCUT2D eigenvalue weighted by atomic mass is 32.1. The van der Waals surface area contributed by atoms with Crippen LogP contribution in [0.3, 0.4) is 0 Å². The Morgan fingerprint density at radius 3 is 2.67 bits per heavy atom. The molecule has 0 saturated heterocycles. The quantitative estimate of drug-likeness (QED) is 0.517. The summed E-state index contributed by atoms with van der Waals surface area (Å²) >= 11 is 4.38.